The van der Waals surface area contributed by atoms with Gasteiger partial charge in [0.05, 0.1) is 0 Å². The molecule has 0 saturated heterocycles. The van der Waals surface area contributed by atoms with Crippen LogP contribution in [-0.2, 0) is 13.0 Å². The predicted octanol–water partition coefficient (Wildman–Crippen LogP) is 4.38. The van der Waals surface area contributed by atoms with Crippen molar-refractivity contribution in [3.63, 3.8) is 0 Å². The van der Waals surface area contributed by atoms with Crippen molar-refractivity contribution in [1.82, 2.24) is 9.78 Å². The van der Waals surface area contributed by atoms with E-state index >= 15 is 0 Å². The van der Waals surface area contributed by atoms with Crippen LogP contribution >= 0.6 is 23.2 Å². The van der Waals surface area contributed by atoms with Gasteiger partial charge in [-0.3, -0.25) is 4.79 Å². The molecule has 0 fully saturated rings. The molecule has 0 bridgehead atoms. The molecule has 0 aliphatic rings. The van der Waals surface area contributed by atoms with Crippen molar-refractivity contribution in [2.24, 2.45) is 0 Å². The van der Waals surface area contributed by atoms with Gasteiger partial charge in [0.15, 0.2) is 6.29 Å². The third kappa shape index (κ3) is 2.97. The first-order valence-corrected chi connectivity index (χ1v) is 7.03. The number of hydrogen-bond donors (Lipinski definition) is 0. The lowest BCUT2D eigenvalue weighted by atomic mass is 10.2. The predicted molar refractivity (Wildman–Crippen MR) is 79.2 cm³/mol. The van der Waals surface area contributed by atoms with Gasteiger partial charge < -0.3 is 4.74 Å². The van der Waals surface area contributed by atoms with Crippen LogP contribution in [-0.4, -0.2) is 16.1 Å². The van der Waals surface area contributed by atoms with E-state index in [1.807, 2.05) is 13.8 Å². The van der Waals surface area contributed by atoms with E-state index in [4.69, 9.17) is 27.9 Å². The summed E-state index contributed by atoms with van der Waals surface area (Å²) in [6.07, 6.45) is 1.39. The van der Waals surface area contributed by atoms with Crippen molar-refractivity contribution < 1.29 is 9.53 Å². The number of benzene rings is 1. The van der Waals surface area contributed by atoms with Gasteiger partial charge >= 0.3 is 0 Å². The number of hydrogen-bond acceptors (Lipinski definition) is 3. The van der Waals surface area contributed by atoms with Crippen LogP contribution in [0.2, 0.25) is 10.0 Å². The summed E-state index contributed by atoms with van der Waals surface area (Å²) in [4.78, 5) is 11.1. The minimum Gasteiger partial charge on any atom is -0.439 e. The molecule has 0 aliphatic heterocycles. The van der Waals surface area contributed by atoms with Crippen LogP contribution in [0.25, 0.3) is 0 Å². The standard InChI is InChI=1S/C14H14Cl2N2O2/c1-3-12-13(8-19)17-18(4-2)14(12)20-11-6-9(15)5-10(16)7-11/h5-8H,3-4H2,1-2H3. The van der Waals surface area contributed by atoms with Crippen LogP contribution in [0.1, 0.15) is 29.9 Å². The zero-order valence-corrected chi connectivity index (χ0v) is 12.7. The van der Waals surface area contributed by atoms with Crippen molar-refractivity contribution in [2.75, 3.05) is 0 Å². The van der Waals surface area contributed by atoms with E-state index in [1.165, 1.54) is 0 Å². The fourth-order valence-electron chi connectivity index (χ4n) is 1.96. The molecule has 0 unspecified atom stereocenters. The van der Waals surface area contributed by atoms with Gasteiger partial charge in [-0.1, -0.05) is 30.1 Å². The summed E-state index contributed by atoms with van der Waals surface area (Å²) >= 11 is 11.9. The van der Waals surface area contributed by atoms with Gasteiger partial charge in [0.25, 0.3) is 0 Å². The van der Waals surface area contributed by atoms with Crippen LogP contribution in [0.5, 0.6) is 11.6 Å². The minimum atomic E-state index is 0.400. The second-order valence-electron chi connectivity index (χ2n) is 4.16. The number of aryl methyl sites for hydroxylation is 1. The van der Waals surface area contributed by atoms with E-state index in [2.05, 4.69) is 5.10 Å². The highest BCUT2D eigenvalue weighted by Gasteiger charge is 2.17. The molecule has 20 heavy (non-hydrogen) atoms. The highest BCUT2D eigenvalue weighted by atomic mass is 35.5. The molecule has 2 aromatic rings. The van der Waals surface area contributed by atoms with E-state index < -0.39 is 0 Å². The van der Waals surface area contributed by atoms with Crippen LogP contribution in [0.3, 0.4) is 0 Å². The van der Waals surface area contributed by atoms with Gasteiger partial charge in [-0.15, -0.1) is 0 Å². The van der Waals surface area contributed by atoms with E-state index in [-0.39, 0.29) is 0 Å². The molecule has 0 spiro atoms. The van der Waals surface area contributed by atoms with Crippen molar-refractivity contribution >= 4 is 29.5 Å². The highest BCUT2D eigenvalue weighted by Crippen LogP contribution is 2.31. The van der Waals surface area contributed by atoms with Gasteiger partial charge in [-0.25, -0.2) is 4.68 Å². The van der Waals surface area contributed by atoms with E-state index in [1.54, 1.807) is 22.9 Å². The molecule has 0 N–H and O–H groups in total. The maximum atomic E-state index is 11.1. The molecular weight excluding hydrogens is 299 g/mol. The highest BCUT2D eigenvalue weighted by molar-refractivity contribution is 6.34. The second-order valence-corrected chi connectivity index (χ2v) is 5.04. The summed E-state index contributed by atoms with van der Waals surface area (Å²) in [6.45, 7) is 4.48. The summed E-state index contributed by atoms with van der Waals surface area (Å²) in [5, 5.41) is 5.20. The fourth-order valence-corrected chi connectivity index (χ4v) is 2.46. The molecule has 0 atom stereocenters. The third-order valence-corrected chi connectivity index (χ3v) is 3.28. The Morgan fingerprint density at radius 2 is 1.90 bits per heavy atom. The number of aromatic nitrogens is 2. The molecule has 0 saturated carbocycles. The first kappa shape index (κ1) is 14.9. The third-order valence-electron chi connectivity index (χ3n) is 2.85. The molecule has 1 heterocycles. The number of halogens is 2. The number of carbonyl (C=O) groups is 1. The lowest BCUT2D eigenvalue weighted by Crippen LogP contribution is -2.00. The number of rotatable bonds is 5. The van der Waals surface area contributed by atoms with Gasteiger partial charge in [-0.2, -0.15) is 5.10 Å². The first-order chi connectivity index (χ1) is 9.58. The minimum absolute atomic E-state index is 0.400. The molecule has 4 nitrogen and oxygen atoms in total. The Labute approximate surface area is 127 Å². The van der Waals surface area contributed by atoms with E-state index in [0.29, 0.717) is 40.3 Å². The molecular formula is C14H14Cl2N2O2. The number of aldehydes is 1. The van der Waals surface area contributed by atoms with Crippen LogP contribution in [0, 0.1) is 0 Å². The van der Waals surface area contributed by atoms with Crippen LogP contribution in [0.4, 0.5) is 0 Å². The topological polar surface area (TPSA) is 44.1 Å². The monoisotopic (exact) mass is 312 g/mol. The molecule has 0 amide bonds. The average Bonchev–Trinajstić information content (AvgIpc) is 2.74. The fraction of sp³-hybridized carbons (Fsp3) is 0.286. The van der Waals surface area contributed by atoms with Crippen LogP contribution < -0.4 is 4.74 Å². The van der Waals surface area contributed by atoms with Gasteiger partial charge in [0, 0.05) is 22.2 Å². The summed E-state index contributed by atoms with van der Waals surface area (Å²) in [6, 6.07) is 4.96. The Hall–Kier alpha value is -1.52. The maximum absolute atomic E-state index is 11.1. The zero-order chi connectivity index (χ0) is 14.7. The smallest absolute Gasteiger partial charge is 0.221 e. The van der Waals surface area contributed by atoms with Gasteiger partial charge in [-0.05, 0) is 31.5 Å². The molecule has 0 radical (unpaired) electrons. The van der Waals surface area contributed by atoms with Gasteiger partial charge in [0.1, 0.15) is 11.4 Å². The number of carbonyl (C=O) groups excluding carboxylic acids is 1. The molecule has 106 valence electrons. The van der Waals surface area contributed by atoms with Crippen molar-refractivity contribution in [3.05, 3.63) is 39.5 Å². The number of ether oxygens (including phenoxy) is 1. The molecule has 6 heteroatoms. The zero-order valence-electron chi connectivity index (χ0n) is 11.2. The first-order valence-electron chi connectivity index (χ1n) is 6.27. The van der Waals surface area contributed by atoms with Crippen molar-refractivity contribution in [2.45, 2.75) is 26.8 Å². The lowest BCUT2D eigenvalue weighted by Gasteiger charge is -2.10. The van der Waals surface area contributed by atoms with Gasteiger partial charge in [0.2, 0.25) is 5.88 Å². The van der Waals surface area contributed by atoms with E-state index in [0.717, 1.165) is 11.8 Å². The summed E-state index contributed by atoms with van der Waals surface area (Å²) in [5.41, 5.74) is 1.18. The molecule has 0 aliphatic carbocycles. The van der Waals surface area contributed by atoms with Crippen molar-refractivity contribution in [1.29, 1.82) is 0 Å². The Morgan fingerprint density at radius 3 is 2.40 bits per heavy atom. The molecule has 1 aromatic heterocycles. The Bertz CT molecular complexity index is 618. The molecule has 1 aromatic carbocycles. The summed E-state index contributed by atoms with van der Waals surface area (Å²) in [5.74, 6) is 1.07. The van der Waals surface area contributed by atoms with E-state index in [9.17, 15) is 4.79 Å². The second kappa shape index (κ2) is 6.29. The number of nitrogens with zero attached hydrogens (tertiary/aromatic N) is 2. The normalized spacial score (nSPS) is 10.6. The molecule has 2 rings (SSSR count). The largest absolute Gasteiger partial charge is 0.439 e. The maximum Gasteiger partial charge on any atom is 0.221 e. The summed E-state index contributed by atoms with van der Waals surface area (Å²) < 4.78 is 7.49. The van der Waals surface area contributed by atoms with Crippen LogP contribution in [0.15, 0.2) is 18.2 Å². The van der Waals surface area contributed by atoms with Crippen molar-refractivity contribution in [3.8, 4) is 11.6 Å². The Morgan fingerprint density at radius 1 is 1.25 bits per heavy atom. The summed E-state index contributed by atoms with van der Waals surface area (Å²) in [7, 11) is 0. The SMILES string of the molecule is CCc1c(C=O)nn(CC)c1Oc1cc(Cl)cc(Cl)c1. The quantitative estimate of drug-likeness (QED) is 0.770. The lowest BCUT2D eigenvalue weighted by molar-refractivity contribution is 0.111. The average molecular weight is 313 g/mol. The Balaban J connectivity index is 2.46. The Kier molecular flexibility index (Phi) is 4.68.